The molecular weight excluding hydrogens is 308 g/mol. The number of nitrogens with zero attached hydrogens (tertiary/aromatic N) is 1. The predicted molar refractivity (Wildman–Crippen MR) is 88.9 cm³/mol. The van der Waals surface area contributed by atoms with Crippen LogP contribution in [0.5, 0.6) is 0 Å². The number of carbonyl (C=O) groups excluding carboxylic acids is 1. The molecule has 6 nitrogen and oxygen atoms in total. The van der Waals surface area contributed by atoms with Crippen LogP contribution in [-0.4, -0.2) is 28.6 Å². The van der Waals surface area contributed by atoms with E-state index in [0.717, 1.165) is 0 Å². The molecule has 1 atom stereocenters. The van der Waals surface area contributed by atoms with E-state index in [0.29, 0.717) is 23.5 Å². The van der Waals surface area contributed by atoms with Gasteiger partial charge in [0.05, 0.1) is 29.4 Å². The van der Waals surface area contributed by atoms with Crippen LogP contribution in [0.2, 0.25) is 0 Å². The van der Waals surface area contributed by atoms with Gasteiger partial charge in [0.2, 0.25) is 0 Å². The average Bonchev–Trinajstić information content (AvgIpc) is 2.54. The highest BCUT2D eigenvalue weighted by atomic mass is 16.5. The number of nitrogens with one attached hydrogen (secondary N) is 1. The molecule has 0 aliphatic carbocycles. The van der Waals surface area contributed by atoms with Crippen molar-refractivity contribution < 1.29 is 19.4 Å². The Hall–Kier alpha value is -2.89. The Morgan fingerprint density at radius 2 is 2.04 bits per heavy atom. The Labute approximate surface area is 140 Å². The minimum absolute atomic E-state index is 0.0926. The maximum atomic E-state index is 12.5. The number of carbonyl (C=O) groups is 2. The first-order chi connectivity index (χ1) is 11.5. The Bertz CT molecular complexity index is 720. The fourth-order valence-electron chi connectivity index (χ4n) is 2.70. The number of carboxylic acids is 1. The van der Waals surface area contributed by atoms with Crippen molar-refractivity contribution in [3.05, 3.63) is 65.3 Å². The highest BCUT2D eigenvalue weighted by Gasteiger charge is 2.37. The molecule has 2 heterocycles. The lowest BCUT2D eigenvalue weighted by Gasteiger charge is -2.28. The first-order valence-corrected chi connectivity index (χ1v) is 7.58. The van der Waals surface area contributed by atoms with Crippen LogP contribution in [0.4, 0.5) is 0 Å². The van der Waals surface area contributed by atoms with Crippen LogP contribution in [0.3, 0.4) is 0 Å². The van der Waals surface area contributed by atoms with Gasteiger partial charge in [0.1, 0.15) is 0 Å². The molecule has 24 heavy (non-hydrogen) atoms. The molecular formula is C18H20N2O4. The maximum absolute atomic E-state index is 12.5. The number of pyridine rings is 1. The number of ether oxygens (including phenoxy) is 1. The second-order valence-electron chi connectivity index (χ2n) is 5.41. The molecule has 0 amide bonds. The quantitative estimate of drug-likeness (QED) is 0.474. The standard InChI is InChI=1S/C18H20N2O4/c1-4-5-10-24-18(23)15-12(3)20-11(2)14(17(21)22)16(15)13-8-6-7-9-19-13/h4,6-9,16,20H,1,5,10H2,2-3H3,(H,21,22). The number of carboxylic acid groups (broad SMARTS) is 1. The van der Waals surface area contributed by atoms with Gasteiger partial charge >= 0.3 is 11.9 Å². The Morgan fingerprint density at radius 1 is 1.33 bits per heavy atom. The van der Waals surface area contributed by atoms with Crippen LogP contribution in [-0.2, 0) is 14.3 Å². The zero-order valence-electron chi connectivity index (χ0n) is 13.7. The second kappa shape index (κ2) is 7.59. The molecule has 0 saturated carbocycles. The van der Waals surface area contributed by atoms with E-state index in [1.54, 1.807) is 44.3 Å². The summed E-state index contributed by atoms with van der Waals surface area (Å²) in [4.78, 5) is 28.6. The summed E-state index contributed by atoms with van der Waals surface area (Å²) in [6, 6.07) is 5.20. The van der Waals surface area contributed by atoms with E-state index in [1.807, 2.05) is 0 Å². The number of allylic oxidation sites excluding steroid dienone is 2. The zero-order chi connectivity index (χ0) is 17.7. The molecule has 2 N–H and O–H groups in total. The number of esters is 1. The van der Waals surface area contributed by atoms with Crippen LogP contribution in [0.1, 0.15) is 31.9 Å². The summed E-state index contributed by atoms with van der Waals surface area (Å²) in [6.45, 7) is 7.17. The molecule has 1 unspecified atom stereocenters. The third-order valence-corrected chi connectivity index (χ3v) is 3.75. The van der Waals surface area contributed by atoms with Gasteiger partial charge in [-0.3, -0.25) is 4.98 Å². The molecule has 1 aliphatic rings. The maximum Gasteiger partial charge on any atom is 0.336 e. The SMILES string of the molecule is C=CCCOC(=O)C1=C(C)NC(C)=C(C(=O)O)C1c1ccccn1. The van der Waals surface area contributed by atoms with Gasteiger partial charge < -0.3 is 15.2 Å². The smallest absolute Gasteiger partial charge is 0.336 e. The van der Waals surface area contributed by atoms with Gasteiger partial charge in [0, 0.05) is 17.6 Å². The molecule has 0 aromatic carbocycles. The van der Waals surface area contributed by atoms with Crippen LogP contribution in [0, 0.1) is 0 Å². The molecule has 2 rings (SSSR count). The van der Waals surface area contributed by atoms with Crippen molar-refractivity contribution in [3.8, 4) is 0 Å². The van der Waals surface area contributed by atoms with Crippen molar-refractivity contribution >= 4 is 11.9 Å². The van der Waals surface area contributed by atoms with Gasteiger partial charge in [-0.05, 0) is 32.4 Å². The fourth-order valence-corrected chi connectivity index (χ4v) is 2.70. The van der Waals surface area contributed by atoms with Gasteiger partial charge in [-0.2, -0.15) is 0 Å². The van der Waals surface area contributed by atoms with Crippen molar-refractivity contribution in [1.82, 2.24) is 10.3 Å². The number of dihydropyridines is 1. The largest absolute Gasteiger partial charge is 0.478 e. The van der Waals surface area contributed by atoms with E-state index in [4.69, 9.17) is 4.74 Å². The number of hydrogen-bond acceptors (Lipinski definition) is 5. The topological polar surface area (TPSA) is 88.5 Å². The summed E-state index contributed by atoms with van der Waals surface area (Å²) >= 11 is 0. The van der Waals surface area contributed by atoms with Gasteiger partial charge in [-0.15, -0.1) is 6.58 Å². The summed E-state index contributed by atoms with van der Waals surface area (Å²) in [5, 5.41) is 12.6. The van der Waals surface area contributed by atoms with Crippen molar-refractivity contribution in [2.75, 3.05) is 6.61 Å². The Kier molecular flexibility index (Phi) is 5.52. The molecule has 0 saturated heterocycles. The first-order valence-electron chi connectivity index (χ1n) is 7.58. The molecule has 6 heteroatoms. The third-order valence-electron chi connectivity index (χ3n) is 3.75. The molecule has 1 aromatic heterocycles. The lowest BCUT2D eigenvalue weighted by molar-refractivity contribution is -0.139. The third kappa shape index (κ3) is 3.53. The summed E-state index contributed by atoms with van der Waals surface area (Å²) in [5.41, 5.74) is 1.90. The molecule has 0 bridgehead atoms. The summed E-state index contributed by atoms with van der Waals surface area (Å²) in [6.07, 6.45) is 3.75. The van der Waals surface area contributed by atoms with Crippen LogP contribution in [0.25, 0.3) is 0 Å². The van der Waals surface area contributed by atoms with Crippen molar-refractivity contribution in [2.24, 2.45) is 0 Å². The molecule has 0 radical (unpaired) electrons. The number of aromatic nitrogens is 1. The fraction of sp³-hybridized carbons (Fsp3) is 0.278. The van der Waals surface area contributed by atoms with E-state index in [9.17, 15) is 14.7 Å². The van der Waals surface area contributed by atoms with Crippen molar-refractivity contribution in [1.29, 1.82) is 0 Å². The number of aliphatic carboxylic acids is 1. The van der Waals surface area contributed by atoms with Crippen LogP contribution >= 0.6 is 0 Å². The highest BCUT2D eigenvalue weighted by Crippen LogP contribution is 2.37. The second-order valence-corrected chi connectivity index (χ2v) is 5.41. The Morgan fingerprint density at radius 3 is 2.62 bits per heavy atom. The minimum Gasteiger partial charge on any atom is -0.478 e. The van der Waals surface area contributed by atoms with Crippen LogP contribution in [0.15, 0.2) is 59.6 Å². The van der Waals surface area contributed by atoms with Gasteiger partial charge in [0.25, 0.3) is 0 Å². The van der Waals surface area contributed by atoms with E-state index in [1.165, 1.54) is 0 Å². The normalized spacial score (nSPS) is 17.3. The van der Waals surface area contributed by atoms with Crippen molar-refractivity contribution in [3.63, 3.8) is 0 Å². The molecule has 1 aliphatic heterocycles. The van der Waals surface area contributed by atoms with E-state index >= 15 is 0 Å². The minimum atomic E-state index is -1.10. The van der Waals surface area contributed by atoms with E-state index in [-0.39, 0.29) is 17.8 Å². The molecule has 0 fully saturated rings. The lowest BCUT2D eigenvalue weighted by Crippen LogP contribution is -2.32. The van der Waals surface area contributed by atoms with E-state index < -0.39 is 17.9 Å². The van der Waals surface area contributed by atoms with Crippen molar-refractivity contribution in [2.45, 2.75) is 26.2 Å². The zero-order valence-corrected chi connectivity index (χ0v) is 13.7. The van der Waals surface area contributed by atoms with E-state index in [2.05, 4.69) is 16.9 Å². The lowest BCUT2D eigenvalue weighted by atomic mass is 9.83. The number of rotatable bonds is 6. The van der Waals surface area contributed by atoms with Gasteiger partial charge in [-0.25, -0.2) is 9.59 Å². The predicted octanol–water partition coefficient (Wildman–Crippen LogP) is 2.52. The summed E-state index contributed by atoms with van der Waals surface area (Å²) in [7, 11) is 0. The van der Waals surface area contributed by atoms with Gasteiger partial charge in [-0.1, -0.05) is 12.1 Å². The van der Waals surface area contributed by atoms with Gasteiger partial charge in [0.15, 0.2) is 0 Å². The molecule has 1 aromatic rings. The monoisotopic (exact) mass is 328 g/mol. The number of hydrogen-bond donors (Lipinski definition) is 2. The van der Waals surface area contributed by atoms with Crippen LogP contribution < -0.4 is 5.32 Å². The summed E-state index contributed by atoms with van der Waals surface area (Å²) in [5.74, 6) is -2.43. The Balaban J connectivity index is 2.49. The molecule has 0 spiro atoms. The molecule has 126 valence electrons. The summed E-state index contributed by atoms with van der Waals surface area (Å²) < 4.78 is 5.26. The highest BCUT2D eigenvalue weighted by molar-refractivity contribution is 5.99. The average molecular weight is 328 g/mol. The first kappa shape index (κ1) is 17.5.